The molecular weight excluding hydrogens is 297 g/mol. The zero-order valence-electron chi connectivity index (χ0n) is 11.8. The second kappa shape index (κ2) is 5.45. The number of nitrogens with zero attached hydrogens (tertiary/aromatic N) is 5. The first-order chi connectivity index (χ1) is 11.3. The van der Waals surface area contributed by atoms with Gasteiger partial charge in [-0.3, -0.25) is 4.98 Å². The largest absolute Gasteiger partial charge is 0.332 e. The number of hydrogen-bond acceptors (Lipinski definition) is 5. The lowest BCUT2D eigenvalue weighted by Crippen LogP contribution is -1.95. The Morgan fingerprint density at radius 2 is 2.04 bits per heavy atom. The van der Waals surface area contributed by atoms with E-state index in [4.69, 9.17) is 4.52 Å². The molecule has 0 saturated heterocycles. The molecule has 3 aromatic heterocycles. The fourth-order valence-electron chi connectivity index (χ4n) is 2.19. The molecule has 112 valence electrons. The maximum Gasteiger partial charge on any atom is 0.276 e. The molecule has 4 aromatic rings. The molecule has 0 atom stereocenters. The Morgan fingerprint density at radius 3 is 2.83 bits per heavy atom. The van der Waals surface area contributed by atoms with Gasteiger partial charge in [0.05, 0.1) is 12.0 Å². The van der Waals surface area contributed by atoms with Crippen LogP contribution < -0.4 is 0 Å². The SMILES string of the molecule is Fc1ccc(-c2noc(-c3ccccn3)n2)cc1-n1ccnc1. The van der Waals surface area contributed by atoms with Gasteiger partial charge in [-0.05, 0) is 30.3 Å². The minimum atomic E-state index is -0.361. The molecule has 0 aliphatic carbocycles. The summed E-state index contributed by atoms with van der Waals surface area (Å²) in [5.74, 6) is 0.321. The first-order valence-corrected chi connectivity index (χ1v) is 6.84. The Hall–Kier alpha value is -3.35. The van der Waals surface area contributed by atoms with Gasteiger partial charge in [0.25, 0.3) is 5.89 Å². The zero-order chi connectivity index (χ0) is 15.6. The van der Waals surface area contributed by atoms with Crippen molar-refractivity contribution in [3.8, 4) is 28.7 Å². The smallest absolute Gasteiger partial charge is 0.276 e. The van der Waals surface area contributed by atoms with Gasteiger partial charge < -0.3 is 9.09 Å². The van der Waals surface area contributed by atoms with Crippen LogP contribution in [0.2, 0.25) is 0 Å². The Bertz CT molecular complexity index is 934. The molecular formula is C16H10FN5O. The van der Waals surface area contributed by atoms with Gasteiger partial charge in [0, 0.05) is 24.2 Å². The molecule has 0 aliphatic rings. The van der Waals surface area contributed by atoms with E-state index in [1.807, 2.05) is 6.07 Å². The second-order valence-electron chi connectivity index (χ2n) is 4.77. The van der Waals surface area contributed by atoms with Gasteiger partial charge in [0.15, 0.2) is 0 Å². The van der Waals surface area contributed by atoms with Gasteiger partial charge in [-0.2, -0.15) is 4.98 Å². The maximum atomic E-state index is 14.0. The van der Waals surface area contributed by atoms with Gasteiger partial charge in [0.1, 0.15) is 11.5 Å². The summed E-state index contributed by atoms with van der Waals surface area (Å²) >= 11 is 0. The van der Waals surface area contributed by atoms with Crippen molar-refractivity contribution in [1.82, 2.24) is 24.7 Å². The Kier molecular flexibility index (Phi) is 3.16. The average Bonchev–Trinajstić information content (AvgIpc) is 3.28. The molecule has 1 aromatic carbocycles. The maximum absolute atomic E-state index is 14.0. The average molecular weight is 307 g/mol. The van der Waals surface area contributed by atoms with Gasteiger partial charge in [0.2, 0.25) is 5.82 Å². The van der Waals surface area contributed by atoms with Crippen molar-refractivity contribution in [2.75, 3.05) is 0 Å². The Labute approximate surface area is 130 Å². The number of imidazole rings is 1. The minimum absolute atomic E-state index is 0.314. The van der Waals surface area contributed by atoms with Crippen LogP contribution >= 0.6 is 0 Å². The molecule has 0 N–H and O–H groups in total. The molecule has 0 spiro atoms. The van der Waals surface area contributed by atoms with Crippen molar-refractivity contribution in [3.63, 3.8) is 0 Å². The third kappa shape index (κ3) is 2.48. The van der Waals surface area contributed by atoms with Gasteiger partial charge in [-0.15, -0.1) is 0 Å². The fraction of sp³-hybridized carbons (Fsp3) is 0. The molecule has 7 heteroatoms. The van der Waals surface area contributed by atoms with E-state index in [0.717, 1.165) is 0 Å². The predicted octanol–water partition coefficient (Wildman–Crippen LogP) is 3.12. The third-order valence-corrected chi connectivity index (χ3v) is 3.30. The molecule has 0 radical (unpaired) electrons. The lowest BCUT2D eigenvalue weighted by Gasteiger charge is -2.05. The second-order valence-corrected chi connectivity index (χ2v) is 4.77. The fourth-order valence-corrected chi connectivity index (χ4v) is 2.19. The molecule has 3 heterocycles. The standard InChI is InChI=1S/C16H10FN5O/c17-12-5-4-11(9-14(12)22-8-7-18-10-22)15-20-16(23-21-15)13-3-1-2-6-19-13/h1-10H. The molecule has 0 saturated carbocycles. The number of pyridine rings is 1. The van der Waals surface area contributed by atoms with Crippen LogP contribution in [0.3, 0.4) is 0 Å². The first-order valence-electron chi connectivity index (χ1n) is 6.84. The highest BCUT2D eigenvalue weighted by Gasteiger charge is 2.13. The molecule has 0 unspecified atom stereocenters. The lowest BCUT2D eigenvalue weighted by molar-refractivity contribution is 0.431. The van der Waals surface area contributed by atoms with E-state index in [1.165, 1.54) is 12.4 Å². The van der Waals surface area contributed by atoms with Crippen molar-refractivity contribution in [2.45, 2.75) is 0 Å². The van der Waals surface area contributed by atoms with E-state index in [2.05, 4.69) is 20.1 Å². The number of hydrogen-bond donors (Lipinski definition) is 0. The number of halogens is 1. The minimum Gasteiger partial charge on any atom is -0.332 e. The topological polar surface area (TPSA) is 69.6 Å². The molecule has 0 amide bonds. The molecule has 23 heavy (non-hydrogen) atoms. The highest BCUT2D eigenvalue weighted by molar-refractivity contribution is 5.61. The number of rotatable bonds is 3. The van der Waals surface area contributed by atoms with Crippen molar-refractivity contribution in [3.05, 3.63) is 67.1 Å². The van der Waals surface area contributed by atoms with E-state index >= 15 is 0 Å². The summed E-state index contributed by atoms with van der Waals surface area (Å²) < 4.78 is 20.8. The van der Waals surface area contributed by atoms with Crippen LogP contribution in [0, 0.1) is 5.82 Å². The third-order valence-electron chi connectivity index (χ3n) is 3.30. The van der Waals surface area contributed by atoms with Gasteiger partial charge in [-0.25, -0.2) is 9.37 Å². The zero-order valence-corrected chi connectivity index (χ0v) is 11.8. The Morgan fingerprint density at radius 1 is 1.09 bits per heavy atom. The Balaban J connectivity index is 1.75. The van der Waals surface area contributed by atoms with Crippen LogP contribution in [0.25, 0.3) is 28.7 Å². The van der Waals surface area contributed by atoms with Crippen molar-refractivity contribution >= 4 is 0 Å². The summed E-state index contributed by atoms with van der Waals surface area (Å²) in [6.45, 7) is 0. The number of benzene rings is 1. The molecule has 6 nitrogen and oxygen atoms in total. The van der Waals surface area contributed by atoms with Crippen molar-refractivity contribution in [2.24, 2.45) is 0 Å². The van der Waals surface area contributed by atoms with E-state index in [9.17, 15) is 4.39 Å². The van der Waals surface area contributed by atoms with Gasteiger partial charge in [-0.1, -0.05) is 11.2 Å². The summed E-state index contributed by atoms with van der Waals surface area (Å²) in [4.78, 5) is 12.4. The summed E-state index contributed by atoms with van der Waals surface area (Å²) in [5.41, 5.74) is 1.59. The van der Waals surface area contributed by atoms with Gasteiger partial charge >= 0.3 is 0 Å². The molecule has 0 bridgehead atoms. The summed E-state index contributed by atoms with van der Waals surface area (Å²) in [6, 6.07) is 10.0. The van der Waals surface area contributed by atoms with Crippen molar-refractivity contribution in [1.29, 1.82) is 0 Å². The van der Waals surface area contributed by atoms with Crippen LogP contribution in [0.15, 0.2) is 65.8 Å². The predicted molar refractivity (Wildman–Crippen MR) is 80.0 cm³/mol. The van der Waals surface area contributed by atoms with E-state index in [0.29, 0.717) is 28.7 Å². The first kappa shape index (κ1) is 13.3. The summed E-state index contributed by atoms with van der Waals surface area (Å²) in [7, 11) is 0. The molecule has 0 aliphatic heterocycles. The molecule has 4 rings (SSSR count). The quantitative estimate of drug-likeness (QED) is 0.581. The van der Waals surface area contributed by atoms with Crippen molar-refractivity contribution < 1.29 is 8.91 Å². The van der Waals surface area contributed by atoms with Crippen LogP contribution in [0.5, 0.6) is 0 Å². The van der Waals surface area contributed by atoms with Crippen LogP contribution in [-0.4, -0.2) is 24.7 Å². The van der Waals surface area contributed by atoms with Crippen LogP contribution in [0.4, 0.5) is 4.39 Å². The van der Waals surface area contributed by atoms with Crippen LogP contribution in [0.1, 0.15) is 0 Å². The molecule has 0 fully saturated rings. The van der Waals surface area contributed by atoms with E-state index < -0.39 is 0 Å². The highest BCUT2D eigenvalue weighted by Crippen LogP contribution is 2.24. The normalized spacial score (nSPS) is 10.8. The van der Waals surface area contributed by atoms with E-state index in [-0.39, 0.29) is 5.82 Å². The highest BCUT2D eigenvalue weighted by atomic mass is 19.1. The lowest BCUT2D eigenvalue weighted by atomic mass is 10.2. The summed E-state index contributed by atoms with van der Waals surface area (Å²) in [6.07, 6.45) is 6.42. The number of aromatic nitrogens is 5. The van der Waals surface area contributed by atoms with Crippen LogP contribution in [-0.2, 0) is 0 Å². The monoisotopic (exact) mass is 307 g/mol. The van der Waals surface area contributed by atoms with E-state index in [1.54, 1.807) is 47.4 Å². The summed E-state index contributed by atoms with van der Waals surface area (Å²) in [5, 5.41) is 3.94.